The van der Waals surface area contributed by atoms with Gasteiger partial charge in [-0.15, -0.1) is 0 Å². The second-order valence-corrected chi connectivity index (χ2v) is 7.90. The lowest BCUT2D eigenvalue weighted by Gasteiger charge is -2.17. The molecule has 1 fully saturated rings. The Morgan fingerprint density at radius 2 is 2.04 bits per heavy atom. The second-order valence-electron chi connectivity index (χ2n) is 6.39. The topological polar surface area (TPSA) is 46.9 Å². The number of thioether (sulfide) groups is 1. The first-order valence-electron chi connectivity index (χ1n) is 8.62. The molecule has 3 aromatic rings. The van der Waals surface area contributed by atoms with Gasteiger partial charge in [-0.2, -0.15) is 0 Å². The number of aromatic nitrogens is 2. The van der Waals surface area contributed by atoms with Crippen LogP contribution in [0.4, 0.5) is 4.39 Å². The van der Waals surface area contributed by atoms with Crippen molar-refractivity contribution in [1.29, 1.82) is 0 Å². The molecule has 0 radical (unpaired) electrons. The molecule has 0 unspecified atom stereocenters. The van der Waals surface area contributed by atoms with Gasteiger partial charge in [-0.25, -0.2) is 9.37 Å². The van der Waals surface area contributed by atoms with Gasteiger partial charge in [-0.1, -0.05) is 41.6 Å². The van der Waals surface area contributed by atoms with Gasteiger partial charge in [0.2, 0.25) is 5.91 Å². The normalized spacial score (nSPS) is 14.7. The summed E-state index contributed by atoms with van der Waals surface area (Å²) in [6, 6.07) is 13.7. The van der Waals surface area contributed by atoms with Crippen molar-refractivity contribution in [3.05, 3.63) is 77.3 Å². The Kier molecular flexibility index (Phi) is 5.18. The SMILES string of the molecule is O=C(NC1CC1)[C@@H](Sc1nccn1-c1cccc(Cl)c1)c1ccc(F)cc1. The molecule has 0 bridgehead atoms. The van der Waals surface area contributed by atoms with Crippen molar-refractivity contribution >= 4 is 29.3 Å². The predicted octanol–water partition coefficient (Wildman–Crippen LogP) is 4.78. The number of benzene rings is 2. The molecule has 7 heteroatoms. The van der Waals surface area contributed by atoms with Crippen LogP contribution in [0.5, 0.6) is 0 Å². The molecule has 1 saturated carbocycles. The summed E-state index contributed by atoms with van der Waals surface area (Å²) in [6.07, 6.45) is 5.52. The Morgan fingerprint density at radius 3 is 2.74 bits per heavy atom. The first-order chi connectivity index (χ1) is 13.1. The van der Waals surface area contributed by atoms with Crippen LogP contribution in [0.25, 0.3) is 5.69 Å². The fourth-order valence-corrected chi connectivity index (χ4v) is 3.99. The highest BCUT2D eigenvalue weighted by atomic mass is 35.5. The van der Waals surface area contributed by atoms with Gasteiger partial charge in [-0.3, -0.25) is 9.36 Å². The standard InChI is InChI=1S/C20H17ClFN3OS/c21-14-2-1-3-17(12-14)25-11-10-23-20(25)27-18(19(26)24-16-8-9-16)13-4-6-15(22)7-5-13/h1-7,10-12,16,18H,8-9H2,(H,24,26)/t18-/m0/s1. The fraction of sp³-hybridized carbons (Fsp3) is 0.200. The number of amides is 1. The largest absolute Gasteiger partial charge is 0.352 e. The summed E-state index contributed by atoms with van der Waals surface area (Å²) in [4.78, 5) is 17.2. The Balaban J connectivity index is 1.64. The minimum absolute atomic E-state index is 0.0882. The smallest absolute Gasteiger partial charge is 0.238 e. The molecule has 1 aliphatic carbocycles. The monoisotopic (exact) mass is 401 g/mol. The van der Waals surface area contributed by atoms with Crippen LogP contribution in [0.2, 0.25) is 5.02 Å². The van der Waals surface area contributed by atoms with E-state index in [0.717, 1.165) is 24.1 Å². The molecule has 1 aromatic heterocycles. The van der Waals surface area contributed by atoms with Crippen molar-refractivity contribution in [1.82, 2.24) is 14.9 Å². The third-order valence-electron chi connectivity index (χ3n) is 4.25. The van der Waals surface area contributed by atoms with Gasteiger partial charge in [0.25, 0.3) is 0 Å². The molecule has 4 nitrogen and oxygen atoms in total. The van der Waals surface area contributed by atoms with Crippen molar-refractivity contribution in [3.8, 4) is 5.69 Å². The minimum atomic E-state index is -0.522. The molecule has 0 saturated heterocycles. The van der Waals surface area contributed by atoms with Crippen LogP contribution in [0.3, 0.4) is 0 Å². The van der Waals surface area contributed by atoms with Gasteiger partial charge >= 0.3 is 0 Å². The Morgan fingerprint density at radius 1 is 1.26 bits per heavy atom. The number of halogens is 2. The van der Waals surface area contributed by atoms with Crippen LogP contribution in [0.15, 0.2) is 66.1 Å². The molecular weight excluding hydrogens is 385 g/mol. The number of carbonyl (C=O) groups is 1. The fourth-order valence-electron chi connectivity index (χ4n) is 2.72. The summed E-state index contributed by atoms with van der Waals surface area (Å²) in [5.41, 5.74) is 1.60. The van der Waals surface area contributed by atoms with Crippen molar-refractivity contribution in [2.75, 3.05) is 0 Å². The van der Waals surface area contributed by atoms with Crippen LogP contribution >= 0.6 is 23.4 Å². The predicted molar refractivity (Wildman–Crippen MR) is 105 cm³/mol. The van der Waals surface area contributed by atoms with Crippen LogP contribution < -0.4 is 5.32 Å². The van der Waals surface area contributed by atoms with E-state index in [1.54, 1.807) is 24.4 Å². The zero-order chi connectivity index (χ0) is 18.8. The van der Waals surface area contributed by atoms with E-state index in [2.05, 4.69) is 10.3 Å². The molecule has 1 heterocycles. The zero-order valence-electron chi connectivity index (χ0n) is 14.3. The summed E-state index contributed by atoms with van der Waals surface area (Å²) in [6.45, 7) is 0. The van der Waals surface area contributed by atoms with Gasteiger partial charge in [-0.05, 0) is 48.7 Å². The van der Waals surface area contributed by atoms with Crippen LogP contribution in [-0.4, -0.2) is 21.5 Å². The Bertz CT molecular complexity index is 956. The molecule has 138 valence electrons. The third kappa shape index (κ3) is 4.34. The van der Waals surface area contributed by atoms with Gasteiger partial charge in [0.05, 0.1) is 0 Å². The molecule has 1 aliphatic rings. The summed E-state index contributed by atoms with van der Waals surface area (Å²) in [5, 5.41) is 3.80. The lowest BCUT2D eigenvalue weighted by molar-refractivity contribution is -0.120. The van der Waals surface area contributed by atoms with E-state index in [1.807, 2.05) is 29.0 Å². The van der Waals surface area contributed by atoms with Crippen molar-refractivity contribution in [2.24, 2.45) is 0 Å². The highest BCUT2D eigenvalue weighted by Crippen LogP contribution is 2.36. The molecule has 1 atom stereocenters. The average Bonchev–Trinajstić information content (AvgIpc) is 3.34. The maximum atomic E-state index is 13.3. The van der Waals surface area contributed by atoms with E-state index in [9.17, 15) is 9.18 Å². The number of hydrogen-bond acceptors (Lipinski definition) is 3. The first kappa shape index (κ1) is 18.1. The van der Waals surface area contributed by atoms with Crippen molar-refractivity contribution in [2.45, 2.75) is 29.3 Å². The highest BCUT2D eigenvalue weighted by molar-refractivity contribution is 8.00. The van der Waals surface area contributed by atoms with E-state index in [4.69, 9.17) is 11.6 Å². The van der Waals surface area contributed by atoms with Gasteiger partial charge in [0.1, 0.15) is 11.1 Å². The molecule has 2 aromatic carbocycles. The van der Waals surface area contributed by atoms with Gasteiger partial charge in [0, 0.05) is 29.1 Å². The Labute approximate surface area is 165 Å². The van der Waals surface area contributed by atoms with Crippen LogP contribution in [0.1, 0.15) is 23.7 Å². The highest BCUT2D eigenvalue weighted by Gasteiger charge is 2.30. The van der Waals surface area contributed by atoms with Gasteiger partial charge < -0.3 is 5.32 Å². The van der Waals surface area contributed by atoms with E-state index in [0.29, 0.717) is 10.2 Å². The molecule has 4 rings (SSSR count). The molecule has 1 amide bonds. The lowest BCUT2D eigenvalue weighted by Crippen LogP contribution is -2.30. The number of carbonyl (C=O) groups excluding carboxylic acids is 1. The third-order valence-corrected chi connectivity index (χ3v) is 5.72. The number of nitrogens with one attached hydrogen (secondary N) is 1. The molecule has 0 aliphatic heterocycles. The van der Waals surface area contributed by atoms with Crippen molar-refractivity contribution in [3.63, 3.8) is 0 Å². The minimum Gasteiger partial charge on any atom is -0.352 e. The van der Waals surface area contributed by atoms with Crippen LogP contribution in [0, 0.1) is 5.82 Å². The molecule has 1 N–H and O–H groups in total. The number of hydrogen-bond donors (Lipinski definition) is 1. The number of nitrogens with zero attached hydrogens (tertiary/aromatic N) is 2. The Hall–Kier alpha value is -2.31. The molecule has 0 spiro atoms. The number of imidazole rings is 1. The van der Waals surface area contributed by atoms with E-state index in [1.165, 1.54) is 23.9 Å². The zero-order valence-corrected chi connectivity index (χ0v) is 15.9. The summed E-state index contributed by atoms with van der Waals surface area (Å²) < 4.78 is 15.2. The lowest BCUT2D eigenvalue weighted by atomic mass is 10.1. The summed E-state index contributed by atoms with van der Waals surface area (Å²) in [7, 11) is 0. The molecular formula is C20H17ClFN3OS. The second kappa shape index (κ2) is 7.74. The summed E-state index contributed by atoms with van der Waals surface area (Å²) >= 11 is 7.44. The van der Waals surface area contributed by atoms with E-state index in [-0.39, 0.29) is 17.8 Å². The number of rotatable bonds is 6. The quantitative estimate of drug-likeness (QED) is 0.605. The average molecular weight is 402 g/mol. The molecule has 27 heavy (non-hydrogen) atoms. The van der Waals surface area contributed by atoms with Crippen molar-refractivity contribution < 1.29 is 9.18 Å². The van der Waals surface area contributed by atoms with Gasteiger partial charge in [0.15, 0.2) is 5.16 Å². The van der Waals surface area contributed by atoms with E-state index >= 15 is 0 Å². The summed E-state index contributed by atoms with van der Waals surface area (Å²) in [5.74, 6) is -0.416. The maximum Gasteiger partial charge on any atom is 0.238 e. The maximum absolute atomic E-state index is 13.3. The first-order valence-corrected chi connectivity index (χ1v) is 9.88. The van der Waals surface area contributed by atoms with E-state index < -0.39 is 5.25 Å². The van der Waals surface area contributed by atoms with Crippen LogP contribution in [-0.2, 0) is 4.79 Å².